The van der Waals surface area contributed by atoms with E-state index in [1.165, 1.54) is 0 Å². The van der Waals surface area contributed by atoms with Crippen LogP contribution in [0.5, 0.6) is 0 Å². The van der Waals surface area contributed by atoms with Gasteiger partial charge in [-0.25, -0.2) is 0 Å². The zero-order valence-corrected chi connectivity index (χ0v) is 31.7. The zero-order valence-electron chi connectivity index (χ0n) is 28.2. The largest absolute Gasteiger partial charge is 0.432 e. The molecule has 0 aromatic rings. The predicted molar refractivity (Wildman–Crippen MR) is 169 cm³/mol. The van der Waals surface area contributed by atoms with Gasteiger partial charge in [-0.05, 0) is 99.5 Å². The molecule has 0 radical (unpaired) electrons. The summed E-state index contributed by atoms with van der Waals surface area (Å²) in [5.41, 5.74) is 0. The van der Waals surface area contributed by atoms with Crippen molar-refractivity contribution in [2.75, 3.05) is 0 Å². The Kier molecular flexibility index (Phi) is 33.5. The standard InChI is InChI=1S/2C12H28OSi.2C3H8O.Ti/c2*1-10(2)7-14(13,8-11(3)4)9-12(5)6;2*1-3(2)4;/h2*10-13H,7-9H2,1-6H3;2*3-4H,1-2H3;. The third kappa shape index (κ3) is 47.2. The fraction of sp³-hybridized carbons (Fsp3) is 1.00. The van der Waals surface area contributed by atoms with Gasteiger partial charge in [-0.3, -0.25) is 0 Å². The topological polar surface area (TPSA) is 80.9 Å². The van der Waals surface area contributed by atoms with Gasteiger partial charge in [-0.1, -0.05) is 83.1 Å². The molecule has 0 aliphatic rings. The van der Waals surface area contributed by atoms with Crippen LogP contribution in [0.3, 0.4) is 0 Å². The van der Waals surface area contributed by atoms with E-state index in [1.807, 2.05) is 0 Å². The van der Waals surface area contributed by atoms with Crippen LogP contribution >= 0.6 is 0 Å². The van der Waals surface area contributed by atoms with E-state index in [1.54, 1.807) is 27.7 Å². The molecule has 0 aromatic carbocycles. The molecule has 0 aliphatic heterocycles. The number of aliphatic hydroxyl groups excluding tert-OH is 2. The number of hydrogen-bond acceptors (Lipinski definition) is 4. The molecule has 0 spiro atoms. The minimum atomic E-state index is -1.94. The van der Waals surface area contributed by atoms with Gasteiger partial charge < -0.3 is 19.8 Å². The Bertz CT molecular complexity index is 368. The van der Waals surface area contributed by atoms with Crippen LogP contribution in [0.4, 0.5) is 0 Å². The van der Waals surface area contributed by atoms with Crippen LogP contribution in [0.25, 0.3) is 0 Å². The van der Waals surface area contributed by atoms with Crippen molar-refractivity contribution in [2.24, 2.45) is 35.5 Å². The molecule has 4 nitrogen and oxygen atoms in total. The Morgan fingerprint density at radius 3 is 0.486 bits per heavy atom. The third-order valence-electron chi connectivity index (χ3n) is 4.73. The fourth-order valence-electron chi connectivity index (χ4n) is 5.06. The number of aliphatic hydroxyl groups is 2. The summed E-state index contributed by atoms with van der Waals surface area (Å²) in [6.07, 6.45) is -0.333. The van der Waals surface area contributed by atoms with Crippen LogP contribution < -0.4 is 0 Å². The van der Waals surface area contributed by atoms with Crippen molar-refractivity contribution < 1.29 is 41.5 Å². The Hall–Kier alpha value is 0.988. The van der Waals surface area contributed by atoms with Gasteiger partial charge in [-0.15, -0.1) is 0 Å². The van der Waals surface area contributed by atoms with Crippen molar-refractivity contribution in [3.63, 3.8) is 0 Å². The van der Waals surface area contributed by atoms with Gasteiger partial charge in [0.05, 0.1) is 0 Å². The Labute approximate surface area is 252 Å². The maximum atomic E-state index is 10.7. The molecule has 0 aliphatic carbocycles. The van der Waals surface area contributed by atoms with E-state index in [9.17, 15) is 9.59 Å². The molecule has 0 heterocycles. The normalized spacial score (nSPS) is 12.0. The van der Waals surface area contributed by atoms with Gasteiger partial charge in [0.1, 0.15) is 0 Å². The first-order valence-electron chi connectivity index (χ1n) is 14.8. The quantitative estimate of drug-likeness (QED) is 0.169. The molecule has 0 saturated heterocycles. The molecule has 0 aromatic heterocycles. The summed E-state index contributed by atoms with van der Waals surface area (Å²) in [5, 5.41) is 16.1. The van der Waals surface area contributed by atoms with Crippen molar-refractivity contribution in [1.29, 1.82) is 0 Å². The molecule has 37 heavy (non-hydrogen) atoms. The smallest absolute Gasteiger partial charge is 0.189 e. The number of rotatable bonds is 12. The molecular formula is C30H72O4Si2Ti. The second-order valence-electron chi connectivity index (χ2n) is 14.2. The SMILES string of the molecule is CC(C)C[Si](O)(CC(C)C)CC(C)C.CC(C)C[Si](O)(CC(C)C)CC(C)C.CC(C)O.CC(C)O.[Ti]. The van der Waals surface area contributed by atoms with Crippen LogP contribution in [-0.2, 0) is 21.7 Å². The molecule has 0 bridgehead atoms. The summed E-state index contributed by atoms with van der Waals surface area (Å²) in [4.78, 5) is 21.3. The van der Waals surface area contributed by atoms with E-state index < -0.39 is 16.6 Å². The molecule has 0 saturated carbocycles. The van der Waals surface area contributed by atoms with E-state index in [0.29, 0.717) is 35.5 Å². The van der Waals surface area contributed by atoms with E-state index in [4.69, 9.17) is 10.2 Å². The molecule has 7 heteroatoms. The first-order chi connectivity index (χ1) is 16.0. The summed E-state index contributed by atoms with van der Waals surface area (Å²) in [7, 11) is -3.88. The van der Waals surface area contributed by atoms with Crippen molar-refractivity contribution in [1.82, 2.24) is 0 Å². The summed E-state index contributed by atoms with van der Waals surface area (Å²) in [6, 6.07) is 6.44. The van der Waals surface area contributed by atoms with Crippen LogP contribution in [0.2, 0.25) is 36.3 Å². The molecule has 0 amide bonds. The van der Waals surface area contributed by atoms with Gasteiger partial charge in [0.15, 0.2) is 16.6 Å². The maximum absolute atomic E-state index is 10.7. The van der Waals surface area contributed by atoms with Crippen LogP contribution in [0, 0.1) is 35.5 Å². The molecule has 228 valence electrons. The van der Waals surface area contributed by atoms with E-state index >= 15 is 0 Å². The predicted octanol–water partition coefficient (Wildman–Crippen LogP) is 8.56. The molecule has 0 atom stereocenters. The third-order valence-corrected chi connectivity index (χ3v) is 14.2. The summed E-state index contributed by atoms with van der Waals surface area (Å²) in [5.74, 6) is 3.86. The molecule has 0 rings (SSSR count). The second kappa shape index (κ2) is 25.9. The minimum absolute atomic E-state index is 0. The molecule has 0 fully saturated rings. The van der Waals surface area contributed by atoms with Crippen LogP contribution in [0.1, 0.15) is 111 Å². The first kappa shape index (κ1) is 47.8. The molecule has 0 unspecified atom stereocenters. The zero-order chi connectivity index (χ0) is 29.9. The van der Waals surface area contributed by atoms with E-state index in [-0.39, 0.29) is 33.9 Å². The van der Waals surface area contributed by atoms with Crippen molar-refractivity contribution in [3.05, 3.63) is 0 Å². The fourth-order valence-corrected chi connectivity index (χ4v) is 15.2. The van der Waals surface area contributed by atoms with Gasteiger partial charge in [-0.2, -0.15) is 0 Å². The Balaban J connectivity index is -0.000000140. The van der Waals surface area contributed by atoms with E-state index in [2.05, 4.69) is 83.1 Å². The van der Waals surface area contributed by atoms with Gasteiger partial charge in [0.25, 0.3) is 0 Å². The van der Waals surface area contributed by atoms with Gasteiger partial charge >= 0.3 is 0 Å². The summed E-state index contributed by atoms with van der Waals surface area (Å²) >= 11 is 0. The first-order valence-corrected chi connectivity index (χ1v) is 19.9. The van der Waals surface area contributed by atoms with Crippen LogP contribution in [-0.4, -0.2) is 48.6 Å². The Morgan fingerprint density at radius 2 is 0.432 bits per heavy atom. The minimum Gasteiger partial charge on any atom is -0.432 e. The van der Waals surface area contributed by atoms with Crippen molar-refractivity contribution in [2.45, 2.75) is 159 Å². The average Bonchev–Trinajstić information content (AvgIpc) is 2.47. The van der Waals surface area contributed by atoms with Gasteiger partial charge in [0.2, 0.25) is 0 Å². The van der Waals surface area contributed by atoms with Crippen molar-refractivity contribution in [3.8, 4) is 0 Å². The summed E-state index contributed by atoms with van der Waals surface area (Å²) in [6.45, 7) is 33.5. The molecule has 4 N–H and O–H groups in total. The number of hydrogen-bond donors (Lipinski definition) is 4. The van der Waals surface area contributed by atoms with E-state index in [0.717, 1.165) is 36.3 Å². The van der Waals surface area contributed by atoms with Gasteiger partial charge in [0, 0.05) is 33.9 Å². The van der Waals surface area contributed by atoms with Crippen LogP contribution in [0.15, 0.2) is 0 Å². The Morgan fingerprint density at radius 1 is 0.351 bits per heavy atom. The average molecular weight is 601 g/mol. The van der Waals surface area contributed by atoms with Crippen molar-refractivity contribution >= 4 is 16.6 Å². The maximum Gasteiger partial charge on any atom is 0.189 e. The monoisotopic (exact) mass is 600 g/mol. The summed E-state index contributed by atoms with van der Waals surface area (Å²) < 4.78 is 0. The molecular weight excluding hydrogens is 528 g/mol. The second-order valence-corrected chi connectivity index (χ2v) is 21.6.